The molecule has 0 bridgehead atoms. The van der Waals surface area contributed by atoms with Crippen molar-refractivity contribution in [2.24, 2.45) is 11.7 Å². The number of oxazole rings is 1. The van der Waals surface area contributed by atoms with Crippen LogP contribution in [0.3, 0.4) is 0 Å². The van der Waals surface area contributed by atoms with E-state index in [0.717, 1.165) is 30.8 Å². The summed E-state index contributed by atoms with van der Waals surface area (Å²) in [6.45, 7) is 11.1. The summed E-state index contributed by atoms with van der Waals surface area (Å²) in [7, 11) is -2.13. The molecule has 6 nitrogen and oxygen atoms in total. The van der Waals surface area contributed by atoms with Crippen LogP contribution in [0.25, 0.3) is 0 Å². The summed E-state index contributed by atoms with van der Waals surface area (Å²) in [4.78, 5) is 16.0. The van der Waals surface area contributed by atoms with E-state index in [1.165, 1.54) is 17.3 Å². The number of rotatable bonds is 7. The molecule has 1 amide bonds. The van der Waals surface area contributed by atoms with Crippen LogP contribution in [0.15, 0.2) is 59.1 Å². The van der Waals surface area contributed by atoms with Crippen LogP contribution in [0.2, 0.25) is 18.1 Å². The summed E-state index contributed by atoms with van der Waals surface area (Å²) in [5.74, 6) is 1.74. The zero-order valence-electron chi connectivity index (χ0n) is 20.6. The lowest BCUT2D eigenvalue weighted by Crippen LogP contribution is -2.43. The smallest absolute Gasteiger partial charge is 0.286 e. The molecule has 7 heteroatoms. The number of nitrogens with zero attached hydrogens (tertiary/aromatic N) is 1. The number of nitrogens with two attached hydrogens (primary N) is 1. The highest BCUT2D eigenvalue weighted by Gasteiger charge is 2.43. The van der Waals surface area contributed by atoms with Gasteiger partial charge in [0.15, 0.2) is 8.32 Å². The van der Waals surface area contributed by atoms with Gasteiger partial charge in [-0.05, 0) is 78.7 Å². The lowest BCUT2D eigenvalue weighted by Gasteiger charge is -2.41. The maximum atomic E-state index is 11.6. The van der Waals surface area contributed by atoms with E-state index in [0.29, 0.717) is 5.89 Å². The quantitative estimate of drug-likeness (QED) is 0.395. The number of carbonyl (C=O) groups excluding carboxylic acids is 1. The average Bonchev–Trinajstić information content (AvgIpc) is 3.28. The normalized spacial score (nSPS) is 17.1. The summed E-state index contributed by atoms with van der Waals surface area (Å²) in [5.41, 5.74) is 7.99. The minimum atomic E-state index is -2.13. The minimum absolute atomic E-state index is 0.0284. The average molecular weight is 479 g/mol. The van der Waals surface area contributed by atoms with Crippen LogP contribution in [0.5, 0.6) is 11.5 Å². The van der Waals surface area contributed by atoms with Gasteiger partial charge in [-0.3, -0.25) is 4.79 Å². The van der Waals surface area contributed by atoms with Gasteiger partial charge < -0.3 is 19.3 Å². The van der Waals surface area contributed by atoms with E-state index in [-0.39, 0.29) is 22.8 Å². The van der Waals surface area contributed by atoms with Gasteiger partial charge in [0.05, 0.1) is 6.20 Å². The van der Waals surface area contributed by atoms with E-state index in [4.69, 9.17) is 19.3 Å². The molecule has 1 aromatic heterocycles. The second-order valence-electron chi connectivity index (χ2n) is 10.6. The molecular formula is C27H34N2O4Si. The Morgan fingerprint density at radius 2 is 1.85 bits per heavy atom. The van der Waals surface area contributed by atoms with Crippen molar-refractivity contribution in [1.82, 2.24) is 4.98 Å². The summed E-state index contributed by atoms with van der Waals surface area (Å²) < 4.78 is 18.7. The van der Waals surface area contributed by atoms with Crippen LogP contribution in [0.1, 0.15) is 60.9 Å². The fraction of sp³-hybridized carbons (Fsp3) is 0.407. The first-order valence-corrected chi connectivity index (χ1v) is 14.7. The van der Waals surface area contributed by atoms with Crippen LogP contribution in [-0.2, 0) is 17.3 Å². The molecule has 34 heavy (non-hydrogen) atoms. The van der Waals surface area contributed by atoms with Gasteiger partial charge in [-0.2, -0.15) is 0 Å². The third-order valence-electron chi connectivity index (χ3n) is 7.09. The zero-order valence-corrected chi connectivity index (χ0v) is 21.6. The number of fused-ring (bicyclic) bond motifs is 1. The van der Waals surface area contributed by atoms with Crippen LogP contribution >= 0.6 is 0 Å². The van der Waals surface area contributed by atoms with Crippen molar-refractivity contribution in [3.05, 3.63) is 77.5 Å². The van der Waals surface area contributed by atoms with Gasteiger partial charge in [0.25, 0.3) is 5.91 Å². The standard InChI is InChI=1S/C27H34N2O4Si/c1-27(2,3)34(4,5)33-24(26-29-17-23(32-26)25(28)30)20-12-11-19-16-22(14-13-18(19)15-20)31-21-9-7-6-8-10-21/h6-10,13-14,16-17,20,24H,11-12,15H2,1-5H3,(H2,28,30). The van der Waals surface area contributed by atoms with Crippen molar-refractivity contribution in [2.45, 2.75) is 64.3 Å². The molecule has 1 aliphatic rings. The highest BCUT2D eigenvalue weighted by Crippen LogP contribution is 2.44. The number of para-hydroxylation sites is 1. The molecule has 0 radical (unpaired) electrons. The molecule has 0 saturated carbocycles. The Morgan fingerprint density at radius 3 is 2.50 bits per heavy atom. The topological polar surface area (TPSA) is 87.6 Å². The zero-order chi connectivity index (χ0) is 24.5. The predicted molar refractivity (Wildman–Crippen MR) is 135 cm³/mol. The predicted octanol–water partition coefficient (Wildman–Crippen LogP) is 6.43. The second kappa shape index (κ2) is 9.39. The molecule has 3 aromatic rings. The highest BCUT2D eigenvalue weighted by molar-refractivity contribution is 6.74. The molecule has 0 saturated heterocycles. The first-order chi connectivity index (χ1) is 16.0. The number of benzene rings is 2. The molecule has 180 valence electrons. The number of primary amides is 1. The number of hydrogen-bond donors (Lipinski definition) is 1. The Hall–Kier alpha value is -2.90. The Morgan fingerprint density at radius 1 is 1.12 bits per heavy atom. The number of hydrogen-bond acceptors (Lipinski definition) is 5. The fourth-order valence-electron chi connectivity index (χ4n) is 4.08. The largest absolute Gasteiger partial charge is 0.457 e. The Kier molecular flexibility index (Phi) is 6.69. The molecule has 0 spiro atoms. The Bertz CT molecular complexity index is 1150. The van der Waals surface area contributed by atoms with E-state index >= 15 is 0 Å². The molecule has 2 aromatic carbocycles. The molecule has 2 N–H and O–H groups in total. The highest BCUT2D eigenvalue weighted by atomic mass is 28.4. The van der Waals surface area contributed by atoms with Crippen molar-refractivity contribution >= 4 is 14.2 Å². The first-order valence-electron chi connectivity index (χ1n) is 11.8. The van der Waals surface area contributed by atoms with E-state index in [2.05, 4.69) is 51.0 Å². The van der Waals surface area contributed by atoms with E-state index < -0.39 is 14.2 Å². The summed E-state index contributed by atoms with van der Waals surface area (Å²) in [6, 6.07) is 16.1. The van der Waals surface area contributed by atoms with Gasteiger partial charge in [-0.1, -0.05) is 45.0 Å². The second-order valence-corrected chi connectivity index (χ2v) is 15.3. The molecule has 0 aliphatic heterocycles. The van der Waals surface area contributed by atoms with Crippen LogP contribution in [0.4, 0.5) is 0 Å². The van der Waals surface area contributed by atoms with Crippen molar-refractivity contribution in [2.75, 3.05) is 0 Å². The molecular weight excluding hydrogens is 444 g/mol. The number of amides is 1. The molecule has 2 unspecified atom stereocenters. The van der Waals surface area contributed by atoms with Gasteiger partial charge in [0, 0.05) is 0 Å². The number of aromatic nitrogens is 1. The van der Waals surface area contributed by atoms with Crippen molar-refractivity contribution in [1.29, 1.82) is 0 Å². The number of carbonyl (C=O) groups is 1. The van der Waals surface area contributed by atoms with Gasteiger partial charge in [-0.25, -0.2) is 4.98 Å². The van der Waals surface area contributed by atoms with Crippen molar-refractivity contribution in [3.63, 3.8) is 0 Å². The fourth-order valence-corrected chi connectivity index (χ4v) is 5.36. The third kappa shape index (κ3) is 5.26. The molecule has 2 atom stereocenters. The van der Waals surface area contributed by atoms with Gasteiger partial charge in [-0.15, -0.1) is 0 Å². The summed E-state index contributed by atoms with van der Waals surface area (Å²) >= 11 is 0. The van der Waals surface area contributed by atoms with Crippen LogP contribution in [0, 0.1) is 5.92 Å². The lowest BCUT2D eigenvalue weighted by atomic mass is 9.81. The van der Waals surface area contributed by atoms with Crippen molar-refractivity contribution < 1.29 is 18.4 Å². The van der Waals surface area contributed by atoms with Crippen LogP contribution < -0.4 is 10.5 Å². The number of aryl methyl sites for hydroxylation is 1. The van der Waals surface area contributed by atoms with Gasteiger partial charge in [0.1, 0.15) is 17.6 Å². The minimum Gasteiger partial charge on any atom is -0.457 e. The van der Waals surface area contributed by atoms with E-state index in [1.54, 1.807) is 0 Å². The van der Waals surface area contributed by atoms with E-state index in [1.807, 2.05) is 36.4 Å². The summed E-state index contributed by atoms with van der Waals surface area (Å²) in [5, 5.41) is 0.0284. The third-order valence-corrected chi connectivity index (χ3v) is 11.5. The maximum Gasteiger partial charge on any atom is 0.286 e. The van der Waals surface area contributed by atoms with Gasteiger partial charge >= 0.3 is 0 Å². The molecule has 1 aliphatic carbocycles. The molecule has 4 rings (SSSR count). The number of ether oxygens (including phenoxy) is 1. The first kappa shape index (κ1) is 24.2. The van der Waals surface area contributed by atoms with Crippen molar-refractivity contribution in [3.8, 4) is 11.5 Å². The molecule has 1 heterocycles. The monoisotopic (exact) mass is 478 g/mol. The Balaban J connectivity index is 1.58. The van der Waals surface area contributed by atoms with E-state index in [9.17, 15) is 4.79 Å². The maximum absolute atomic E-state index is 11.6. The summed E-state index contributed by atoms with van der Waals surface area (Å²) in [6.07, 6.45) is 3.75. The molecule has 0 fully saturated rings. The van der Waals surface area contributed by atoms with Crippen LogP contribution in [-0.4, -0.2) is 19.2 Å². The SMILES string of the molecule is CC(C)(C)[Si](C)(C)OC(c1ncc(C(N)=O)o1)C1CCc2cc(Oc3ccccc3)ccc2C1. The Labute approximate surface area is 202 Å². The lowest BCUT2D eigenvalue weighted by molar-refractivity contribution is 0.0789. The van der Waals surface area contributed by atoms with Gasteiger partial charge in [0.2, 0.25) is 11.7 Å².